The molecule has 1 amide bonds. The number of pyridine rings is 1. The first-order valence-electron chi connectivity index (χ1n) is 9.09. The number of nitrogens with zero attached hydrogens (tertiary/aromatic N) is 2. The van der Waals surface area contributed by atoms with Crippen LogP contribution in [0.1, 0.15) is 24.0 Å². The zero-order valence-electron chi connectivity index (χ0n) is 15.2. The summed E-state index contributed by atoms with van der Waals surface area (Å²) in [5.41, 5.74) is 4.09. The molecule has 0 atom stereocenters. The number of carbonyl (C=O) groups is 1. The molecule has 136 valence electrons. The van der Waals surface area contributed by atoms with Crippen molar-refractivity contribution in [2.24, 2.45) is 0 Å². The molecule has 0 spiro atoms. The zero-order chi connectivity index (χ0) is 18.1. The lowest BCUT2D eigenvalue weighted by Crippen LogP contribution is -2.44. The number of hydrogen-bond acceptors (Lipinski definition) is 5. The Balaban J connectivity index is 1.60. The highest BCUT2D eigenvalue weighted by molar-refractivity contribution is 6.02. The minimum absolute atomic E-state index is 0.187. The van der Waals surface area contributed by atoms with Gasteiger partial charge in [-0.1, -0.05) is 0 Å². The lowest BCUT2D eigenvalue weighted by Gasteiger charge is -2.32. The second kappa shape index (κ2) is 6.96. The number of methoxy groups -OCH3 is 1. The third-order valence-corrected chi connectivity index (χ3v) is 5.20. The van der Waals surface area contributed by atoms with Crippen LogP contribution in [0.2, 0.25) is 0 Å². The second-order valence-electron chi connectivity index (χ2n) is 6.93. The van der Waals surface area contributed by atoms with Gasteiger partial charge in [-0.2, -0.15) is 0 Å². The van der Waals surface area contributed by atoms with Crippen LogP contribution in [0.5, 0.6) is 5.75 Å². The van der Waals surface area contributed by atoms with Crippen LogP contribution in [-0.4, -0.2) is 37.1 Å². The Labute approximate surface area is 153 Å². The van der Waals surface area contributed by atoms with Crippen molar-refractivity contribution in [1.82, 2.24) is 10.3 Å². The first-order valence-corrected chi connectivity index (χ1v) is 9.09. The number of rotatable bonds is 4. The van der Waals surface area contributed by atoms with Crippen LogP contribution in [0.3, 0.4) is 0 Å². The zero-order valence-corrected chi connectivity index (χ0v) is 15.2. The van der Waals surface area contributed by atoms with Gasteiger partial charge >= 0.3 is 0 Å². The van der Waals surface area contributed by atoms with Gasteiger partial charge in [0.25, 0.3) is 0 Å². The second-order valence-corrected chi connectivity index (χ2v) is 6.93. The fraction of sp³-hybridized carbons (Fsp3) is 0.400. The molecule has 0 unspecified atom stereocenters. The van der Waals surface area contributed by atoms with Gasteiger partial charge in [0.1, 0.15) is 11.6 Å². The molecule has 0 radical (unpaired) electrons. The summed E-state index contributed by atoms with van der Waals surface area (Å²) in [4.78, 5) is 19.1. The summed E-state index contributed by atoms with van der Waals surface area (Å²) >= 11 is 0. The van der Waals surface area contributed by atoms with Crippen LogP contribution >= 0.6 is 0 Å². The lowest BCUT2D eigenvalue weighted by molar-refractivity contribution is -0.117. The van der Waals surface area contributed by atoms with Crippen molar-refractivity contribution >= 4 is 23.1 Å². The molecule has 6 nitrogen and oxygen atoms in total. The third-order valence-electron chi connectivity index (χ3n) is 5.20. The molecule has 0 aliphatic carbocycles. The molecular weight excluding hydrogens is 328 g/mol. The Morgan fingerprint density at radius 2 is 2.08 bits per heavy atom. The van der Waals surface area contributed by atoms with Gasteiger partial charge in [-0.3, -0.25) is 4.79 Å². The molecule has 2 aromatic rings. The molecule has 1 saturated heterocycles. The van der Waals surface area contributed by atoms with Gasteiger partial charge in [0.05, 0.1) is 19.2 Å². The van der Waals surface area contributed by atoms with Crippen molar-refractivity contribution in [3.63, 3.8) is 0 Å². The van der Waals surface area contributed by atoms with Crippen molar-refractivity contribution in [3.8, 4) is 5.75 Å². The highest BCUT2D eigenvalue weighted by Gasteiger charge is 2.34. The average Bonchev–Trinajstić information content (AvgIpc) is 2.99. The summed E-state index contributed by atoms with van der Waals surface area (Å²) in [5, 5.41) is 6.74. The Kier molecular flexibility index (Phi) is 4.51. The number of anilines is 3. The van der Waals surface area contributed by atoms with Crippen LogP contribution in [0.15, 0.2) is 30.5 Å². The summed E-state index contributed by atoms with van der Waals surface area (Å²) in [6, 6.07) is 8.18. The number of hydrogen-bond donors (Lipinski definition) is 2. The fourth-order valence-corrected chi connectivity index (χ4v) is 3.79. The highest BCUT2D eigenvalue weighted by Crippen LogP contribution is 2.35. The molecule has 0 saturated carbocycles. The lowest BCUT2D eigenvalue weighted by atomic mass is 10.0. The number of piperidine rings is 1. The van der Waals surface area contributed by atoms with E-state index < -0.39 is 0 Å². The van der Waals surface area contributed by atoms with E-state index in [1.165, 1.54) is 0 Å². The first kappa shape index (κ1) is 16.8. The van der Waals surface area contributed by atoms with Crippen molar-refractivity contribution in [2.75, 3.05) is 30.4 Å². The Bertz CT molecular complexity index is 831. The Morgan fingerprint density at radius 3 is 2.81 bits per heavy atom. The van der Waals surface area contributed by atoms with E-state index in [-0.39, 0.29) is 11.9 Å². The highest BCUT2D eigenvalue weighted by atomic mass is 16.5. The maximum atomic E-state index is 12.6. The number of benzene rings is 1. The molecule has 2 aliphatic rings. The van der Waals surface area contributed by atoms with E-state index >= 15 is 0 Å². The van der Waals surface area contributed by atoms with Crippen LogP contribution in [-0.2, 0) is 11.2 Å². The smallest absolute Gasteiger partial charge is 0.231 e. The van der Waals surface area contributed by atoms with Gasteiger partial charge in [-0.25, -0.2) is 4.98 Å². The molecule has 1 fully saturated rings. The van der Waals surface area contributed by atoms with Crippen molar-refractivity contribution in [1.29, 1.82) is 0 Å². The Hall–Kier alpha value is -2.60. The van der Waals surface area contributed by atoms with Gasteiger partial charge in [0.15, 0.2) is 0 Å². The normalized spacial score (nSPS) is 17.3. The molecule has 1 aromatic carbocycles. The van der Waals surface area contributed by atoms with E-state index in [0.717, 1.165) is 60.0 Å². The number of carbonyl (C=O) groups excluding carboxylic acids is 1. The monoisotopic (exact) mass is 352 g/mol. The van der Waals surface area contributed by atoms with Crippen LogP contribution in [0.4, 0.5) is 17.2 Å². The third kappa shape index (κ3) is 3.12. The largest absolute Gasteiger partial charge is 0.497 e. The summed E-state index contributed by atoms with van der Waals surface area (Å²) in [7, 11) is 1.66. The van der Waals surface area contributed by atoms with Crippen LogP contribution in [0, 0.1) is 6.92 Å². The van der Waals surface area contributed by atoms with E-state index in [1.54, 1.807) is 7.11 Å². The first-order chi connectivity index (χ1) is 12.7. The van der Waals surface area contributed by atoms with E-state index in [4.69, 9.17) is 4.74 Å². The van der Waals surface area contributed by atoms with E-state index in [0.29, 0.717) is 6.42 Å². The number of ether oxygens (including phenoxy) is 1. The molecular formula is C20H24N4O2. The minimum Gasteiger partial charge on any atom is -0.497 e. The fourth-order valence-electron chi connectivity index (χ4n) is 3.79. The molecule has 0 bridgehead atoms. The van der Waals surface area contributed by atoms with Gasteiger partial charge in [0.2, 0.25) is 5.91 Å². The van der Waals surface area contributed by atoms with Crippen molar-refractivity contribution in [2.45, 2.75) is 32.2 Å². The minimum atomic E-state index is 0.187. The number of amides is 1. The predicted octanol–water partition coefficient (Wildman–Crippen LogP) is 2.78. The number of aromatic nitrogens is 1. The summed E-state index contributed by atoms with van der Waals surface area (Å²) in [6.07, 6.45) is 4.27. The maximum Gasteiger partial charge on any atom is 0.231 e. The quantitative estimate of drug-likeness (QED) is 0.886. The van der Waals surface area contributed by atoms with Gasteiger partial charge in [-0.05, 0) is 56.6 Å². The van der Waals surface area contributed by atoms with E-state index in [1.807, 2.05) is 42.3 Å². The van der Waals surface area contributed by atoms with Crippen molar-refractivity contribution < 1.29 is 9.53 Å². The summed E-state index contributed by atoms with van der Waals surface area (Å²) in [5.74, 6) is 1.77. The average molecular weight is 352 g/mol. The molecule has 2 N–H and O–H groups in total. The summed E-state index contributed by atoms with van der Waals surface area (Å²) < 4.78 is 5.26. The van der Waals surface area contributed by atoms with Crippen LogP contribution < -0.4 is 20.3 Å². The number of fused-ring (bicyclic) bond motifs is 1. The van der Waals surface area contributed by atoms with E-state index in [9.17, 15) is 4.79 Å². The van der Waals surface area contributed by atoms with Crippen molar-refractivity contribution in [3.05, 3.63) is 41.6 Å². The SMILES string of the molecule is COc1ccc(Nc2cc3c(cn2)CC(=O)N3C2CCNCC2)c(C)c1. The van der Waals surface area contributed by atoms with E-state index in [2.05, 4.69) is 15.6 Å². The molecule has 6 heteroatoms. The standard InChI is InChI=1S/C20H24N4O2/c1-13-9-16(26-2)3-4-17(13)23-19-11-18-14(12-22-19)10-20(25)24(18)15-5-7-21-8-6-15/h3-4,9,11-12,15,21H,5-8,10H2,1-2H3,(H,22,23). The predicted molar refractivity (Wildman–Crippen MR) is 102 cm³/mol. The summed E-state index contributed by atoms with van der Waals surface area (Å²) in [6.45, 7) is 3.96. The molecule has 26 heavy (non-hydrogen) atoms. The maximum absolute atomic E-state index is 12.6. The van der Waals surface area contributed by atoms with Crippen LogP contribution in [0.25, 0.3) is 0 Å². The number of nitrogens with one attached hydrogen (secondary N) is 2. The topological polar surface area (TPSA) is 66.5 Å². The van der Waals surface area contributed by atoms with Gasteiger partial charge in [0, 0.05) is 29.6 Å². The number of aryl methyl sites for hydroxylation is 1. The molecule has 1 aromatic heterocycles. The van der Waals surface area contributed by atoms with Gasteiger partial charge in [-0.15, -0.1) is 0 Å². The molecule has 2 aliphatic heterocycles. The van der Waals surface area contributed by atoms with Gasteiger partial charge < -0.3 is 20.3 Å². The Morgan fingerprint density at radius 1 is 1.27 bits per heavy atom. The molecule has 4 rings (SSSR count). The molecule has 3 heterocycles.